The summed E-state index contributed by atoms with van der Waals surface area (Å²) in [5.74, 6) is 0.169. The fourth-order valence-corrected chi connectivity index (χ4v) is 3.41. The highest BCUT2D eigenvalue weighted by molar-refractivity contribution is 5.77. The molecule has 0 bridgehead atoms. The van der Waals surface area contributed by atoms with Crippen LogP contribution >= 0.6 is 0 Å². The Morgan fingerprint density at radius 1 is 1.26 bits per heavy atom. The van der Waals surface area contributed by atoms with Crippen LogP contribution < -0.4 is 0 Å². The van der Waals surface area contributed by atoms with Crippen molar-refractivity contribution >= 4 is 5.91 Å². The maximum Gasteiger partial charge on any atom is 0.225 e. The topological polar surface area (TPSA) is 49.8 Å². The van der Waals surface area contributed by atoms with Crippen LogP contribution in [0.25, 0.3) is 0 Å². The number of methoxy groups -OCH3 is 1. The molecule has 0 aromatic rings. The largest absolute Gasteiger partial charge is 0.395 e. The van der Waals surface area contributed by atoms with E-state index in [-0.39, 0.29) is 18.1 Å². The van der Waals surface area contributed by atoms with Crippen LogP contribution in [-0.4, -0.2) is 47.8 Å². The molecule has 1 amide bonds. The van der Waals surface area contributed by atoms with E-state index in [1.165, 1.54) is 19.3 Å². The molecular formula is C15H27NO3. The Kier molecular flexibility index (Phi) is 5.22. The molecule has 110 valence electrons. The highest BCUT2D eigenvalue weighted by atomic mass is 16.5. The average molecular weight is 269 g/mol. The summed E-state index contributed by atoms with van der Waals surface area (Å²) >= 11 is 0. The van der Waals surface area contributed by atoms with E-state index >= 15 is 0 Å². The van der Waals surface area contributed by atoms with Crippen LogP contribution in [-0.2, 0) is 9.53 Å². The highest BCUT2D eigenvalue weighted by Gasteiger charge is 2.40. The minimum absolute atomic E-state index is 0.0578. The molecule has 4 nitrogen and oxygen atoms in total. The quantitative estimate of drug-likeness (QED) is 0.803. The number of ether oxygens (including phenoxy) is 1. The van der Waals surface area contributed by atoms with Gasteiger partial charge in [-0.2, -0.15) is 0 Å². The van der Waals surface area contributed by atoms with E-state index < -0.39 is 0 Å². The van der Waals surface area contributed by atoms with Crippen molar-refractivity contribution < 1.29 is 14.6 Å². The van der Waals surface area contributed by atoms with Crippen LogP contribution in [0.5, 0.6) is 0 Å². The number of carbonyl (C=O) groups excluding carboxylic acids is 1. The molecule has 0 aromatic heterocycles. The van der Waals surface area contributed by atoms with Gasteiger partial charge < -0.3 is 14.7 Å². The van der Waals surface area contributed by atoms with Crippen molar-refractivity contribution in [2.45, 2.75) is 69.4 Å². The molecule has 0 spiro atoms. The number of hydrogen-bond acceptors (Lipinski definition) is 3. The molecule has 2 rings (SSSR count). The third-order valence-electron chi connectivity index (χ3n) is 4.85. The zero-order valence-electron chi connectivity index (χ0n) is 12.1. The second-order valence-electron chi connectivity index (χ2n) is 6.02. The van der Waals surface area contributed by atoms with Gasteiger partial charge in [0.25, 0.3) is 0 Å². The minimum atomic E-state index is -0.209. The Labute approximate surface area is 116 Å². The Bertz CT molecular complexity index is 290. The number of amides is 1. The molecule has 2 saturated carbocycles. The molecule has 2 aliphatic carbocycles. The lowest BCUT2D eigenvalue weighted by molar-refractivity contribution is -0.147. The summed E-state index contributed by atoms with van der Waals surface area (Å²) in [6.07, 6.45) is 9.49. The van der Waals surface area contributed by atoms with E-state index in [9.17, 15) is 9.90 Å². The van der Waals surface area contributed by atoms with E-state index in [0.717, 1.165) is 32.1 Å². The summed E-state index contributed by atoms with van der Waals surface area (Å²) in [4.78, 5) is 14.4. The number of hydrogen-bond donors (Lipinski definition) is 1. The van der Waals surface area contributed by atoms with Gasteiger partial charge in [-0.1, -0.05) is 19.3 Å². The first kappa shape index (κ1) is 14.8. The summed E-state index contributed by atoms with van der Waals surface area (Å²) in [5.41, 5.74) is -0.209. The molecule has 2 fully saturated rings. The molecule has 4 heteroatoms. The first-order chi connectivity index (χ1) is 9.21. The normalized spacial score (nSPS) is 22.8. The molecule has 0 aromatic carbocycles. The first-order valence-corrected chi connectivity index (χ1v) is 7.66. The number of nitrogens with zero attached hydrogens (tertiary/aromatic N) is 1. The molecule has 1 N–H and O–H groups in total. The Morgan fingerprint density at radius 3 is 2.42 bits per heavy atom. The third-order valence-corrected chi connectivity index (χ3v) is 4.85. The SMILES string of the molecule is COC1(CC(=O)N(CCO)C2CCCCC2)CCC1. The highest BCUT2D eigenvalue weighted by Crippen LogP contribution is 2.38. The van der Waals surface area contributed by atoms with Gasteiger partial charge >= 0.3 is 0 Å². The van der Waals surface area contributed by atoms with E-state index in [1.807, 2.05) is 4.90 Å². The molecule has 19 heavy (non-hydrogen) atoms. The summed E-state index contributed by atoms with van der Waals surface area (Å²) < 4.78 is 5.55. The number of rotatable bonds is 6. The average Bonchev–Trinajstić information content (AvgIpc) is 2.41. The van der Waals surface area contributed by atoms with Crippen molar-refractivity contribution in [1.29, 1.82) is 0 Å². The molecule has 0 unspecified atom stereocenters. The minimum Gasteiger partial charge on any atom is -0.395 e. The van der Waals surface area contributed by atoms with Crippen LogP contribution in [0.2, 0.25) is 0 Å². The standard InChI is InChI=1S/C15H27NO3/c1-19-15(8-5-9-15)12-14(18)16(10-11-17)13-6-3-2-4-7-13/h13,17H,2-12H2,1H3. The Morgan fingerprint density at radius 2 is 1.95 bits per heavy atom. The van der Waals surface area contributed by atoms with Gasteiger partial charge in [-0.25, -0.2) is 0 Å². The van der Waals surface area contributed by atoms with Crippen molar-refractivity contribution in [3.63, 3.8) is 0 Å². The van der Waals surface area contributed by atoms with Crippen LogP contribution in [0.4, 0.5) is 0 Å². The molecular weight excluding hydrogens is 242 g/mol. The van der Waals surface area contributed by atoms with Gasteiger partial charge in [0.1, 0.15) is 0 Å². The summed E-state index contributed by atoms with van der Waals surface area (Å²) in [6.45, 7) is 0.533. The summed E-state index contributed by atoms with van der Waals surface area (Å²) in [5, 5.41) is 9.22. The Hall–Kier alpha value is -0.610. The maximum atomic E-state index is 12.5. The monoisotopic (exact) mass is 269 g/mol. The Balaban J connectivity index is 1.95. The van der Waals surface area contributed by atoms with Crippen molar-refractivity contribution in [2.75, 3.05) is 20.3 Å². The van der Waals surface area contributed by atoms with Crippen molar-refractivity contribution in [1.82, 2.24) is 4.90 Å². The summed E-state index contributed by atoms with van der Waals surface area (Å²) in [6, 6.07) is 0.336. The predicted molar refractivity (Wildman–Crippen MR) is 73.9 cm³/mol. The number of aliphatic hydroxyl groups excluding tert-OH is 1. The van der Waals surface area contributed by atoms with Gasteiger partial charge in [0.15, 0.2) is 0 Å². The van der Waals surface area contributed by atoms with Gasteiger partial charge in [-0.15, -0.1) is 0 Å². The molecule has 0 aliphatic heterocycles. The molecule has 0 atom stereocenters. The van der Waals surface area contributed by atoms with Gasteiger partial charge in [0, 0.05) is 19.7 Å². The number of carbonyl (C=O) groups is 1. The van der Waals surface area contributed by atoms with Crippen LogP contribution in [0, 0.1) is 0 Å². The van der Waals surface area contributed by atoms with Crippen molar-refractivity contribution in [3.8, 4) is 0 Å². The summed E-state index contributed by atoms with van der Waals surface area (Å²) in [7, 11) is 1.71. The van der Waals surface area contributed by atoms with Crippen LogP contribution in [0.1, 0.15) is 57.8 Å². The van der Waals surface area contributed by atoms with Gasteiger partial charge in [-0.3, -0.25) is 4.79 Å². The van der Waals surface area contributed by atoms with Crippen molar-refractivity contribution in [3.05, 3.63) is 0 Å². The van der Waals surface area contributed by atoms with Crippen molar-refractivity contribution in [2.24, 2.45) is 0 Å². The smallest absolute Gasteiger partial charge is 0.225 e. The zero-order chi connectivity index (χ0) is 13.7. The third kappa shape index (κ3) is 3.48. The fraction of sp³-hybridized carbons (Fsp3) is 0.933. The van der Waals surface area contributed by atoms with Crippen LogP contribution in [0.15, 0.2) is 0 Å². The van der Waals surface area contributed by atoms with E-state index in [2.05, 4.69) is 0 Å². The van der Waals surface area contributed by atoms with E-state index in [4.69, 9.17) is 4.74 Å². The van der Waals surface area contributed by atoms with E-state index in [0.29, 0.717) is 19.0 Å². The lowest BCUT2D eigenvalue weighted by Gasteiger charge is -2.42. The van der Waals surface area contributed by atoms with E-state index in [1.54, 1.807) is 7.11 Å². The lowest BCUT2D eigenvalue weighted by atomic mass is 9.77. The molecule has 0 heterocycles. The first-order valence-electron chi connectivity index (χ1n) is 7.66. The second-order valence-corrected chi connectivity index (χ2v) is 6.02. The number of aliphatic hydroxyl groups is 1. The fourth-order valence-electron chi connectivity index (χ4n) is 3.41. The zero-order valence-corrected chi connectivity index (χ0v) is 12.1. The molecule has 0 saturated heterocycles. The molecule has 2 aliphatic rings. The van der Waals surface area contributed by atoms with Gasteiger partial charge in [0.2, 0.25) is 5.91 Å². The van der Waals surface area contributed by atoms with Gasteiger partial charge in [0.05, 0.1) is 18.6 Å². The predicted octanol–water partition coefficient (Wildman–Crippen LogP) is 2.10. The molecule has 0 radical (unpaired) electrons. The van der Waals surface area contributed by atoms with Gasteiger partial charge in [-0.05, 0) is 32.1 Å². The maximum absolute atomic E-state index is 12.5. The lowest BCUT2D eigenvalue weighted by Crippen LogP contribution is -2.49. The van der Waals surface area contributed by atoms with Crippen LogP contribution in [0.3, 0.4) is 0 Å². The second kappa shape index (κ2) is 6.71.